The second-order valence-electron chi connectivity index (χ2n) is 5.85. The van der Waals surface area contributed by atoms with Crippen molar-refractivity contribution in [3.63, 3.8) is 0 Å². The molecule has 4 heteroatoms. The molecule has 0 bridgehead atoms. The molecule has 1 saturated heterocycles. The van der Waals surface area contributed by atoms with Crippen molar-refractivity contribution < 1.29 is 0 Å². The maximum Gasteiger partial charge on any atom is 0.0464 e. The Balaban J connectivity index is 1.59. The van der Waals surface area contributed by atoms with Crippen molar-refractivity contribution in [2.24, 2.45) is 0 Å². The number of nitrogens with zero attached hydrogens (tertiary/aromatic N) is 1. The predicted octanol–water partition coefficient (Wildman–Crippen LogP) is 4.17. The maximum atomic E-state index is 3.81. The number of rotatable bonds is 7. The Morgan fingerprint density at radius 2 is 1.90 bits per heavy atom. The summed E-state index contributed by atoms with van der Waals surface area (Å²) in [7, 11) is 0. The van der Waals surface area contributed by atoms with E-state index in [1.165, 1.54) is 35.7 Å². The molecule has 2 unspecified atom stereocenters. The van der Waals surface area contributed by atoms with Gasteiger partial charge in [-0.3, -0.25) is 4.90 Å². The Hall–Kier alpha value is -0.680. The zero-order valence-electron chi connectivity index (χ0n) is 12.6. The van der Waals surface area contributed by atoms with Crippen molar-refractivity contribution in [1.82, 2.24) is 10.2 Å². The fourth-order valence-corrected chi connectivity index (χ4v) is 4.57. The molecule has 0 aliphatic carbocycles. The van der Waals surface area contributed by atoms with Crippen LogP contribution in [0, 0.1) is 0 Å². The number of nitrogens with one attached hydrogen (secondary N) is 1. The lowest BCUT2D eigenvalue weighted by atomic mass is 10.1. The van der Waals surface area contributed by atoms with Gasteiger partial charge in [0.15, 0.2) is 0 Å². The molecule has 0 amide bonds. The highest BCUT2D eigenvalue weighted by atomic mass is 32.1. The van der Waals surface area contributed by atoms with Crippen LogP contribution in [0.15, 0.2) is 35.0 Å². The highest BCUT2D eigenvalue weighted by Crippen LogP contribution is 2.25. The van der Waals surface area contributed by atoms with E-state index in [9.17, 15) is 0 Å². The Morgan fingerprint density at radius 1 is 1.14 bits per heavy atom. The normalized spacial score (nSPS) is 18.9. The second-order valence-corrected chi connectivity index (χ2v) is 7.86. The van der Waals surface area contributed by atoms with Gasteiger partial charge in [-0.1, -0.05) is 12.1 Å². The molecule has 0 aromatic carbocycles. The van der Waals surface area contributed by atoms with Crippen molar-refractivity contribution in [2.45, 2.75) is 38.3 Å². The van der Waals surface area contributed by atoms with Crippen LogP contribution in [-0.2, 0) is 6.42 Å². The summed E-state index contributed by atoms with van der Waals surface area (Å²) in [5.74, 6) is 0. The average Bonchev–Trinajstić information content (AvgIpc) is 3.26. The molecule has 1 aliphatic heterocycles. The third-order valence-electron chi connectivity index (χ3n) is 4.30. The minimum Gasteiger partial charge on any atom is -0.307 e. The van der Waals surface area contributed by atoms with Crippen molar-refractivity contribution in [3.05, 3.63) is 44.8 Å². The Bertz CT molecular complexity index is 501. The summed E-state index contributed by atoms with van der Waals surface area (Å²) in [6.07, 6.45) is 3.84. The number of thiophene rings is 2. The van der Waals surface area contributed by atoms with Gasteiger partial charge in [-0.15, -0.1) is 22.7 Å². The van der Waals surface area contributed by atoms with E-state index < -0.39 is 0 Å². The number of hydrogen-bond donors (Lipinski definition) is 1. The highest BCUT2D eigenvalue weighted by Gasteiger charge is 2.20. The molecule has 21 heavy (non-hydrogen) atoms. The quantitative estimate of drug-likeness (QED) is 0.824. The molecule has 114 valence electrons. The summed E-state index contributed by atoms with van der Waals surface area (Å²) < 4.78 is 0. The molecule has 2 aromatic rings. The lowest BCUT2D eigenvalue weighted by Gasteiger charge is -2.26. The van der Waals surface area contributed by atoms with Crippen LogP contribution in [0.25, 0.3) is 0 Å². The second kappa shape index (κ2) is 7.54. The van der Waals surface area contributed by atoms with Crippen molar-refractivity contribution in [2.75, 3.05) is 19.6 Å². The molecular weight excluding hydrogens is 296 g/mol. The first-order valence-corrected chi connectivity index (χ1v) is 9.62. The molecule has 2 nitrogen and oxygen atoms in total. The van der Waals surface area contributed by atoms with Crippen LogP contribution in [-0.4, -0.2) is 30.6 Å². The molecule has 1 N–H and O–H groups in total. The Labute approximate surface area is 135 Å². The van der Waals surface area contributed by atoms with Crippen molar-refractivity contribution >= 4 is 22.7 Å². The van der Waals surface area contributed by atoms with Crippen LogP contribution < -0.4 is 5.32 Å². The molecule has 1 aliphatic rings. The van der Waals surface area contributed by atoms with Crippen LogP contribution in [0.1, 0.15) is 35.6 Å². The molecule has 2 atom stereocenters. The first kappa shape index (κ1) is 15.2. The van der Waals surface area contributed by atoms with Gasteiger partial charge in [-0.05, 0) is 55.7 Å². The van der Waals surface area contributed by atoms with E-state index in [0.717, 1.165) is 13.0 Å². The fraction of sp³-hybridized carbons (Fsp3) is 0.529. The number of hydrogen-bond acceptors (Lipinski definition) is 4. The van der Waals surface area contributed by atoms with Gasteiger partial charge in [0.1, 0.15) is 0 Å². The molecule has 0 radical (unpaired) electrons. The lowest BCUT2D eigenvalue weighted by molar-refractivity contribution is 0.246. The van der Waals surface area contributed by atoms with E-state index in [-0.39, 0.29) is 0 Å². The highest BCUT2D eigenvalue weighted by molar-refractivity contribution is 7.10. The van der Waals surface area contributed by atoms with Crippen LogP contribution in [0.3, 0.4) is 0 Å². The zero-order valence-corrected chi connectivity index (χ0v) is 14.3. The Morgan fingerprint density at radius 3 is 2.57 bits per heavy atom. The molecule has 3 rings (SSSR count). The summed E-state index contributed by atoms with van der Waals surface area (Å²) in [6.45, 7) is 5.98. The van der Waals surface area contributed by atoms with E-state index >= 15 is 0 Å². The van der Waals surface area contributed by atoms with E-state index in [2.05, 4.69) is 52.2 Å². The first-order chi connectivity index (χ1) is 10.3. The third-order valence-corrected chi connectivity index (χ3v) is 6.18. The molecule has 3 heterocycles. The van der Waals surface area contributed by atoms with Crippen LogP contribution >= 0.6 is 22.7 Å². The standard InChI is InChI=1S/C17H24N2S2/c1-14(19-8-2-3-9-19)13-18-16(17-7-5-11-21-17)12-15-6-4-10-20-15/h4-7,10-11,14,16,18H,2-3,8-9,12-13H2,1H3. The summed E-state index contributed by atoms with van der Waals surface area (Å²) in [6, 6.07) is 9.91. The van der Waals surface area contributed by atoms with Crippen LogP contribution in [0.5, 0.6) is 0 Å². The van der Waals surface area contributed by atoms with Gasteiger partial charge < -0.3 is 5.32 Å². The van der Waals surface area contributed by atoms with Crippen molar-refractivity contribution in [1.29, 1.82) is 0 Å². The molecule has 2 aromatic heterocycles. The first-order valence-electron chi connectivity index (χ1n) is 7.86. The Kier molecular flexibility index (Phi) is 5.47. The third kappa shape index (κ3) is 4.16. The lowest BCUT2D eigenvalue weighted by Crippen LogP contribution is -2.40. The van der Waals surface area contributed by atoms with E-state index in [1.54, 1.807) is 0 Å². The van der Waals surface area contributed by atoms with Gasteiger partial charge in [0, 0.05) is 34.8 Å². The van der Waals surface area contributed by atoms with Crippen molar-refractivity contribution in [3.8, 4) is 0 Å². The summed E-state index contributed by atoms with van der Waals surface area (Å²) in [5.41, 5.74) is 0. The monoisotopic (exact) mass is 320 g/mol. The summed E-state index contributed by atoms with van der Waals surface area (Å²) in [5, 5.41) is 8.17. The van der Waals surface area contributed by atoms with Gasteiger partial charge in [0.05, 0.1) is 0 Å². The zero-order chi connectivity index (χ0) is 14.5. The van der Waals surface area contributed by atoms with Gasteiger partial charge in [-0.25, -0.2) is 0 Å². The molecular formula is C17H24N2S2. The van der Waals surface area contributed by atoms with E-state index in [0.29, 0.717) is 12.1 Å². The largest absolute Gasteiger partial charge is 0.307 e. The summed E-state index contributed by atoms with van der Waals surface area (Å²) in [4.78, 5) is 5.54. The smallest absolute Gasteiger partial charge is 0.0464 e. The van der Waals surface area contributed by atoms with Gasteiger partial charge in [0.25, 0.3) is 0 Å². The fourth-order valence-electron chi connectivity index (χ4n) is 3.02. The topological polar surface area (TPSA) is 15.3 Å². The minimum absolute atomic E-state index is 0.453. The maximum absolute atomic E-state index is 3.81. The van der Waals surface area contributed by atoms with Gasteiger partial charge >= 0.3 is 0 Å². The SMILES string of the molecule is CC(CNC(Cc1cccs1)c1cccs1)N1CCCC1. The van der Waals surface area contributed by atoms with Crippen LogP contribution in [0.2, 0.25) is 0 Å². The van der Waals surface area contributed by atoms with Crippen LogP contribution in [0.4, 0.5) is 0 Å². The predicted molar refractivity (Wildman–Crippen MR) is 93.4 cm³/mol. The average molecular weight is 321 g/mol. The molecule has 0 saturated carbocycles. The summed E-state index contributed by atoms with van der Waals surface area (Å²) >= 11 is 3.73. The van der Waals surface area contributed by atoms with E-state index in [4.69, 9.17) is 0 Å². The molecule has 0 spiro atoms. The van der Waals surface area contributed by atoms with Gasteiger partial charge in [0.2, 0.25) is 0 Å². The number of likely N-dealkylation sites (tertiary alicyclic amines) is 1. The van der Waals surface area contributed by atoms with E-state index in [1.807, 2.05) is 22.7 Å². The van der Waals surface area contributed by atoms with Gasteiger partial charge in [-0.2, -0.15) is 0 Å². The molecule has 1 fully saturated rings. The minimum atomic E-state index is 0.453.